The summed E-state index contributed by atoms with van der Waals surface area (Å²) in [5.74, 6) is 0.138. The Balaban J connectivity index is 1.26. The van der Waals surface area contributed by atoms with Crippen molar-refractivity contribution in [3.63, 3.8) is 0 Å². The van der Waals surface area contributed by atoms with Crippen LogP contribution >= 0.6 is 11.3 Å². The molecule has 1 aromatic carbocycles. The number of hydrogen-bond acceptors (Lipinski definition) is 7. The molecule has 1 aliphatic rings. The highest BCUT2D eigenvalue weighted by Gasteiger charge is 2.19. The van der Waals surface area contributed by atoms with Gasteiger partial charge in [0.25, 0.3) is 5.91 Å². The van der Waals surface area contributed by atoms with E-state index in [1.165, 1.54) is 11.3 Å². The Morgan fingerprint density at radius 3 is 2.93 bits per heavy atom. The number of ether oxygens (including phenoxy) is 1. The predicted octanol–water partition coefficient (Wildman–Crippen LogP) is 3.82. The molecule has 0 atom stereocenters. The van der Waals surface area contributed by atoms with Gasteiger partial charge in [-0.2, -0.15) is 0 Å². The Morgan fingerprint density at radius 2 is 2.07 bits per heavy atom. The summed E-state index contributed by atoms with van der Waals surface area (Å²) >= 11 is 1.32. The van der Waals surface area contributed by atoms with Crippen LogP contribution in [-0.2, 0) is 17.6 Å². The highest BCUT2D eigenvalue weighted by Crippen LogP contribution is 2.29. The molecule has 0 radical (unpaired) electrons. The van der Waals surface area contributed by atoms with Crippen LogP contribution in [0.15, 0.2) is 57.2 Å². The largest absolute Gasteiger partial charge is 0.484 e. The third kappa shape index (κ3) is 3.57. The van der Waals surface area contributed by atoms with Gasteiger partial charge in [0, 0.05) is 28.6 Å². The van der Waals surface area contributed by atoms with Gasteiger partial charge in [-0.1, -0.05) is 6.07 Å². The van der Waals surface area contributed by atoms with Gasteiger partial charge in [0.1, 0.15) is 17.0 Å². The molecule has 1 amide bonds. The zero-order chi connectivity index (χ0) is 20.5. The monoisotopic (exact) mass is 419 g/mol. The van der Waals surface area contributed by atoms with Crippen molar-refractivity contribution in [2.45, 2.75) is 19.3 Å². The van der Waals surface area contributed by atoms with Crippen LogP contribution in [0.25, 0.3) is 22.4 Å². The molecule has 1 aliphatic carbocycles. The van der Waals surface area contributed by atoms with Crippen molar-refractivity contribution in [1.29, 1.82) is 0 Å². The number of amides is 1. The van der Waals surface area contributed by atoms with Crippen LogP contribution < -0.4 is 15.7 Å². The number of rotatable bonds is 5. The summed E-state index contributed by atoms with van der Waals surface area (Å²) in [6.07, 6.45) is 4.32. The maximum Gasteiger partial charge on any atom is 0.339 e. The second-order valence-electron chi connectivity index (χ2n) is 6.95. The average molecular weight is 419 g/mol. The van der Waals surface area contributed by atoms with Crippen molar-refractivity contribution in [3.05, 3.63) is 69.5 Å². The van der Waals surface area contributed by atoms with Crippen molar-refractivity contribution in [2.75, 3.05) is 11.9 Å². The van der Waals surface area contributed by atoms with Crippen molar-refractivity contribution in [2.24, 2.45) is 0 Å². The highest BCUT2D eigenvalue weighted by molar-refractivity contribution is 7.14. The lowest BCUT2D eigenvalue weighted by Crippen LogP contribution is -2.20. The van der Waals surface area contributed by atoms with E-state index >= 15 is 0 Å². The molecule has 150 valence electrons. The topological polar surface area (TPSA) is 94.3 Å². The van der Waals surface area contributed by atoms with E-state index in [0.29, 0.717) is 22.2 Å². The fourth-order valence-electron chi connectivity index (χ4n) is 3.62. The lowest BCUT2D eigenvalue weighted by molar-refractivity contribution is -0.118. The van der Waals surface area contributed by atoms with E-state index in [4.69, 9.17) is 9.15 Å². The van der Waals surface area contributed by atoms with Gasteiger partial charge in [0.05, 0.1) is 5.69 Å². The normalized spacial score (nSPS) is 12.7. The molecule has 30 heavy (non-hydrogen) atoms. The first-order chi connectivity index (χ1) is 14.7. The molecular weight excluding hydrogens is 402 g/mol. The molecule has 0 saturated carbocycles. The number of carbonyl (C=O) groups excluding carboxylic acids is 1. The second-order valence-corrected chi connectivity index (χ2v) is 7.81. The quantitative estimate of drug-likeness (QED) is 0.494. The minimum Gasteiger partial charge on any atom is -0.484 e. The van der Waals surface area contributed by atoms with Crippen LogP contribution in [-0.4, -0.2) is 22.5 Å². The van der Waals surface area contributed by atoms with Gasteiger partial charge in [-0.25, -0.2) is 9.78 Å². The zero-order valence-corrected chi connectivity index (χ0v) is 16.7. The number of benzene rings is 1. The van der Waals surface area contributed by atoms with Crippen LogP contribution in [0.2, 0.25) is 0 Å². The molecule has 0 bridgehead atoms. The lowest BCUT2D eigenvalue weighted by Gasteiger charge is -2.08. The molecule has 0 aliphatic heterocycles. The van der Waals surface area contributed by atoms with Crippen LogP contribution in [0.3, 0.4) is 0 Å². The van der Waals surface area contributed by atoms with Gasteiger partial charge in [0.15, 0.2) is 11.7 Å². The van der Waals surface area contributed by atoms with Crippen molar-refractivity contribution < 1.29 is 13.9 Å². The van der Waals surface area contributed by atoms with E-state index in [0.717, 1.165) is 41.5 Å². The number of carbonyl (C=O) groups is 1. The molecule has 0 fully saturated rings. The third-order valence-electron chi connectivity index (χ3n) is 4.99. The van der Waals surface area contributed by atoms with E-state index < -0.39 is 0 Å². The SMILES string of the molecule is O=C(COc1ccc2c3c(c(=O)oc2c1)CCC3)Nc1nc(-c2ccccn2)cs1. The van der Waals surface area contributed by atoms with E-state index in [1.807, 2.05) is 29.6 Å². The predicted molar refractivity (Wildman–Crippen MR) is 114 cm³/mol. The highest BCUT2D eigenvalue weighted by atomic mass is 32.1. The number of nitrogens with one attached hydrogen (secondary N) is 1. The Labute approximate surface area is 175 Å². The third-order valence-corrected chi connectivity index (χ3v) is 5.75. The van der Waals surface area contributed by atoms with Crippen LogP contribution in [0.1, 0.15) is 17.5 Å². The molecule has 0 unspecified atom stereocenters. The zero-order valence-electron chi connectivity index (χ0n) is 15.9. The van der Waals surface area contributed by atoms with Gasteiger partial charge in [-0.15, -0.1) is 11.3 Å². The summed E-state index contributed by atoms with van der Waals surface area (Å²) in [6, 6.07) is 10.9. The van der Waals surface area contributed by atoms with Crippen LogP contribution in [0.4, 0.5) is 5.13 Å². The summed E-state index contributed by atoms with van der Waals surface area (Å²) in [4.78, 5) is 33.0. The standard InChI is InChI=1S/C22H17N3O4S/c26-20(25-22-24-18(12-30-22)17-6-1-2-9-23-17)11-28-13-7-8-15-14-4-3-5-16(14)21(27)29-19(15)10-13/h1-2,6-10,12H,3-5,11H2,(H,24,25,26). The summed E-state index contributed by atoms with van der Waals surface area (Å²) in [7, 11) is 0. The second kappa shape index (κ2) is 7.72. The first-order valence-electron chi connectivity index (χ1n) is 9.55. The maximum absolute atomic E-state index is 12.2. The molecule has 1 N–H and O–H groups in total. The molecule has 5 rings (SSSR count). The van der Waals surface area contributed by atoms with E-state index in [9.17, 15) is 9.59 Å². The Morgan fingerprint density at radius 1 is 1.17 bits per heavy atom. The fraction of sp³-hybridized carbons (Fsp3) is 0.182. The molecule has 3 heterocycles. The van der Waals surface area contributed by atoms with Crippen LogP contribution in [0, 0.1) is 0 Å². The maximum atomic E-state index is 12.2. The molecule has 0 spiro atoms. The number of aryl methyl sites for hydroxylation is 1. The summed E-state index contributed by atoms with van der Waals surface area (Å²) in [5, 5.41) is 5.97. The molecule has 7 nitrogen and oxygen atoms in total. The summed E-state index contributed by atoms with van der Waals surface area (Å²) in [5.41, 5.74) is 3.50. The lowest BCUT2D eigenvalue weighted by atomic mass is 10.1. The molecule has 0 saturated heterocycles. The van der Waals surface area contributed by atoms with Crippen molar-refractivity contribution in [1.82, 2.24) is 9.97 Å². The van der Waals surface area contributed by atoms with Gasteiger partial charge in [0.2, 0.25) is 0 Å². The molecule has 4 aromatic rings. The Bertz CT molecular complexity index is 1300. The van der Waals surface area contributed by atoms with Gasteiger partial charge in [-0.3, -0.25) is 15.1 Å². The summed E-state index contributed by atoms with van der Waals surface area (Å²) < 4.78 is 11.0. The molecule has 3 aromatic heterocycles. The number of thiazole rings is 1. The number of pyridine rings is 1. The number of fused-ring (bicyclic) bond motifs is 3. The van der Waals surface area contributed by atoms with Gasteiger partial charge >= 0.3 is 5.63 Å². The van der Waals surface area contributed by atoms with Crippen molar-refractivity contribution >= 4 is 33.3 Å². The number of aromatic nitrogens is 2. The van der Waals surface area contributed by atoms with Crippen LogP contribution in [0.5, 0.6) is 5.75 Å². The molecule has 8 heteroatoms. The molecular formula is C22H17N3O4S. The fourth-order valence-corrected chi connectivity index (χ4v) is 4.34. The van der Waals surface area contributed by atoms with E-state index in [2.05, 4.69) is 15.3 Å². The minimum absolute atomic E-state index is 0.181. The number of anilines is 1. The summed E-state index contributed by atoms with van der Waals surface area (Å²) in [6.45, 7) is -0.181. The van der Waals surface area contributed by atoms with Crippen molar-refractivity contribution in [3.8, 4) is 17.1 Å². The average Bonchev–Trinajstić information content (AvgIpc) is 3.43. The van der Waals surface area contributed by atoms with Gasteiger partial charge < -0.3 is 9.15 Å². The first kappa shape index (κ1) is 18.5. The number of hydrogen-bond donors (Lipinski definition) is 1. The van der Waals surface area contributed by atoms with E-state index in [1.54, 1.807) is 18.3 Å². The first-order valence-corrected chi connectivity index (χ1v) is 10.4. The van der Waals surface area contributed by atoms with E-state index in [-0.39, 0.29) is 18.1 Å². The minimum atomic E-state index is -0.326. The smallest absolute Gasteiger partial charge is 0.339 e. The number of nitrogens with zero attached hydrogens (tertiary/aromatic N) is 2. The Kier molecular flexibility index (Phi) is 4.76. The Hall–Kier alpha value is -3.52. The van der Waals surface area contributed by atoms with Gasteiger partial charge in [-0.05, 0) is 49.1 Å².